The monoisotopic (exact) mass is 328 g/mol. The van der Waals surface area contributed by atoms with Crippen LogP contribution >= 0.6 is 0 Å². The molecule has 0 aliphatic rings. The minimum atomic E-state index is 0.0636. The maximum atomic E-state index is 11.7. The molecule has 0 aliphatic carbocycles. The molecule has 2 aromatic carbocycles. The van der Waals surface area contributed by atoms with Gasteiger partial charge in [-0.25, -0.2) is 0 Å². The first-order chi connectivity index (χ1) is 9.75. The zero-order valence-electron chi connectivity index (χ0n) is 11.3. The van der Waals surface area contributed by atoms with Gasteiger partial charge in [0.25, 0.3) is 0 Å². The molecular weight excluding hydrogens is 311 g/mol. The molecule has 0 radical (unpaired) electrons. The molecule has 0 amide bonds. The van der Waals surface area contributed by atoms with E-state index in [4.69, 9.17) is 0 Å². The Hall–Kier alpha value is -1.89. The molecule has 0 atom stereocenters. The summed E-state index contributed by atoms with van der Waals surface area (Å²) in [6.45, 7) is 1.63. The molecule has 20 heavy (non-hydrogen) atoms. The summed E-state index contributed by atoms with van der Waals surface area (Å²) in [7, 11) is 0. The van der Waals surface area contributed by atoms with Crippen LogP contribution in [0, 0.1) is 0 Å². The number of carbonyl (C=O) groups is 1. The molecule has 100 valence electrons. The molecular formula is C18H16OSe. The molecule has 1 nitrogen and oxygen atoms in total. The van der Waals surface area contributed by atoms with Crippen molar-refractivity contribution in [2.24, 2.45) is 0 Å². The molecule has 0 bridgehead atoms. The summed E-state index contributed by atoms with van der Waals surface area (Å²) in [6.07, 6.45) is 5.91. The molecule has 0 aliphatic heterocycles. The van der Waals surface area contributed by atoms with Crippen molar-refractivity contribution in [3.8, 4) is 0 Å². The normalized spacial score (nSPS) is 11.8. The van der Waals surface area contributed by atoms with Crippen LogP contribution in [0.25, 0.3) is 6.08 Å². The zero-order valence-corrected chi connectivity index (χ0v) is 13.0. The van der Waals surface area contributed by atoms with Crippen LogP contribution in [-0.2, 0) is 4.79 Å². The summed E-state index contributed by atoms with van der Waals surface area (Å²) < 4.78 is 2.10. The summed E-state index contributed by atoms with van der Waals surface area (Å²) in [5, 5.41) is 0. The van der Waals surface area contributed by atoms with Gasteiger partial charge in [-0.2, -0.15) is 0 Å². The Morgan fingerprint density at radius 3 is 2.15 bits per heavy atom. The number of hydrogen-bond acceptors (Lipinski definition) is 1. The van der Waals surface area contributed by atoms with Gasteiger partial charge in [0.2, 0.25) is 0 Å². The van der Waals surface area contributed by atoms with Crippen LogP contribution < -0.4 is 4.46 Å². The second kappa shape index (κ2) is 7.64. The fraction of sp³-hybridized carbons (Fsp3) is 0.0556. The topological polar surface area (TPSA) is 17.1 Å². The molecule has 0 aromatic heterocycles. The Morgan fingerprint density at radius 1 is 0.950 bits per heavy atom. The first-order valence-corrected chi connectivity index (χ1v) is 8.14. The number of hydrogen-bond donors (Lipinski definition) is 0. The van der Waals surface area contributed by atoms with Gasteiger partial charge in [-0.15, -0.1) is 0 Å². The number of ketones is 1. The SMILES string of the molecule is CC(=O)/C(=C/C=C/c1ccccc1)[Se]c1ccccc1. The fourth-order valence-electron chi connectivity index (χ4n) is 1.65. The summed E-state index contributed by atoms with van der Waals surface area (Å²) in [5.41, 5.74) is 1.14. The van der Waals surface area contributed by atoms with Crippen LogP contribution in [0.4, 0.5) is 0 Å². The van der Waals surface area contributed by atoms with Crippen LogP contribution in [0.3, 0.4) is 0 Å². The molecule has 0 heterocycles. The van der Waals surface area contributed by atoms with Crippen molar-refractivity contribution in [1.82, 2.24) is 0 Å². The van der Waals surface area contributed by atoms with Crippen LogP contribution in [0.5, 0.6) is 0 Å². The van der Waals surface area contributed by atoms with E-state index < -0.39 is 0 Å². The Kier molecular flexibility index (Phi) is 5.54. The average molecular weight is 327 g/mol. The Bertz CT molecular complexity index is 612. The van der Waals surface area contributed by atoms with Gasteiger partial charge in [0.05, 0.1) is 0 Å². The number of carbonyl (C=O) groups excluding carboxylic acids is 1. The van der Waals surface area contributed by atoms with Crippen molar-refractivity contribution < 1.29 is 4.79 Å². The average Bonchev–Trinajstić information content (AvgIpc) is 2.48. The second-order valence-electron chi connectivity index (χ2n) is 4.27. The van der Waals surface area contributed by atoms with Gasteiger partial charge >= 0.3 is 126 Å². The van der Waals surface area contributed by atoms with E-state index in [9.17, 15) is 4.79 Å². The third-order valence-electron chi connectivity index (χ3n) is 2.65. The van der Waals surface area contributed by atoms with Crippen LogP contribution in [0.15, 0.2) is 77.3 Å². The Morgan fingerprint density at radius 2 is 1.55 bits per heavy atom. The van der Waals surface area contributed by atoms with E-state index in [1.54, 1.807) is 6.92 Å². The van der Waals surface area contributed by atoms with Crippen LogP contribution in [0.1, 0.15) is 12.5 Å². The number of rotatable bonds is 5. The maximum absolute atomic E-state index is 11.7. The molecule has 0 N–H and O–H groups in total. The van der Waals surface area contributed by atoms with Crippen LogP contribution in [0.2, 0.25) is 0 Å². The first-order valence-electron chi connectivity index (χ1n) is 6.43. The minimum absolute atomic E-state index is 0.0636. The summed E-state index contributed by atoms with van der Waals surface area (Å²) in [4.78, 5) is 11.7. The van der Waals surface area contributed by atoms with E-state index >= 15 is 0 Å². The molecule has 0 saturated carbocycles. The van der Waals surface area contributed by atoms with Crippen molar-refractivity contribution in [2.45, 2.75) is 6.92 Å². The molecule has 0 unspecified atom stereocenters. The Balaban J connectivity index is 2.11. The van der Waals surface area contributed by atoms with E-state index in [1.165, 1.54) is 4.46 Å². The van der Waals surface area contributed by atoms with Gasteiger partial charge in [0.15, 0.2) is 0 Å². The van der Waals surface area contributed by atoms with Gasteiger partial charge in [0.1, 0.15) is 0 Å². The number of benzene rings is 2. The summed E-state index contributed by atoms with van der Waals surface area (Å²) >= 11 is 0.0636. The number of allylic oxidation sites excluding steroid dienone is 3. The fourth-order valence-corrected chi connectivity index (χ4v) is 3.41. The van der Waals surface area contributed by atoms with Crippen molar-refractivity contribution >= 4 is 31.3 Å². The van der Waals surface area contributed by atoms with Gasteiger partial charge in [-0.3, -0.25) is 0 Å². The van der Waals surface area contributed by atoms with Crippen molar-refractivity contribution in [2.75, 3.05) is 0 Å². The van der Waals surface area contributed by atoms with Crippen molar-refractivity contribution in [3.63, 3.8) is 0 Å². The van der Waals surface area contributed by atoms with E-state index in [0.29, 0.717) is 0 Å². The first kappa shape index (κ1) is 14.5. The van der Waals surface area contributed by atoms with Crippen molar-refractivity contribution in [1.29, 1.82) is 0 Å². The van der Waals surface area contributed by atoms with E-state index in [2.05, 4.69) is 12.1 Å². The van der Waals surface area contributed by atoms with Crippen LogP contribution in [-0.4, -0.2) is 20.7 Å². The molecule has 0 saturated heterocycles. The van der Waals surface area contributed by atoms with Gasteiger partial charge in [0, 0.05) is 0 Å². The summed E-state index contributed by atoms with van der Waals surface area (Å²) in [6, 6.07) is 20.2. The molecule has 2 heteroatoms. The van der Waals surface area contributed by atoms with E-state index in [-0.39, 0.29) is 20.7 Å². The third-order valence-corrected chi connectivity index (χ3v) is 5.07. The standard InChI is InChI=1S/C18H16OSe/c1-15(19)18(20-17-12-6-3-7-13-17)14-8-11-16-9-4-2-5-10-16/h2-14H,1H3/b11-8+,18-14-. The van der Waals surface area contributed by atoms with Gasteiger partial charge in [-0.05, 0) is 0 Å². The predicted octanol–water partition coefficient (Wildman–Crippen LogP) is 3.20. The quantitative estimate of drug-likeness (QED) is 0.468. The second-order valence-corrected chi connectivity index (χ2v) is 6.61. The Labute approximate surface area is 126 Å². The van der Waals surface area contributed by atoms with Gasteiger partial charge < -0.3 is 0 Å². The van der Waals surface area contributed by atoms with E-state index in [0.717, 1.165) is 10.0 Å². The molecule has 0 spiro atoms. The molecule has 0 fully saturated rings. The third kappa shape index (κ3) is 4.65. The summed E-state index contributed by atoms with van der Waals surface area (Å²) in [5.74, 6) is 0.145. The van der Waals surface area contributed by atoms with Crippen molar-refractivity contribution in [3.05, 3.63) is 82.9 Å². The molecule has 2 aromatic rings. The zero-order chi connectivity index (χ0) is 14.2. The van der Waals surface area contributed by atoms with E-state index in [1.807, 2.05) is 66.8 Å². The molecule has 2 rings (SSSR count). The van der Waals surface area contributed by atoms with Gasteiger partial charge in [-0.1, -0.05) is 0 Å². The predicted molar refractivity (Wildman–Crippen MR) is 86.1 cm³/mol. The number of Topliss-reactive ketones (excluding diaryl/α,β-unsaturated/α-hetero) is 1.